The second-order valence-electron chi connectivity index (χ2n) is 21.2. The highest BCUT2D eigenvalue weighted by Gasteiger charge is 2.54. The van der Waals surface area contributed by atoms with Crippen LogP contribution in [0.4, 0.5) is 0 Å². The molecule has 0 radical (unpaired) electrons. The van der Waals surface area contributed by atoms with Gasteiger partial charge >= 0.3 is 5.97 Å². The van der Waals surface area contributed by atoms with Crippen molar-refractivity contribution in [1.29, 1.82) is 0 Å². The summed E-state index contributed by atoms with van der Waals surface area (Å²) in [4.78, 5) is 19.7. The van der Waals surface area contributed by atoms with E-state index in [0.29, 0.717) is 6.42 Å². The van der Waals surface area contributed by atoms with Crippen LogP contribution >= 0.6 is 11.3 Å². The van der Waals surface area contributed by atoms with Gasteiger partial charge in [0.2, 0.25) is 0 Å². The quantitative estimate of drug-likeness (QED) is 0.0543. The van der Waals surface area contributed by atoms with Gasteiger partial charge in [0.15, 0.2) is 16.6 Å². The molecule has 0 fully saturated rings. The van der Waals surface area contributed by atoms with Crippen molar-refractivity contribution >= 4 is 63.9 Å². The van der Waals surface area contributed by atoms with Gasteiger partial charge in [-0.3, -0.25) is 4.79 Å². The largest absolute Gasteiger partial charge is 0.457 e. The molecule has 0 aliphatic carbocycles. The van der Waals surface area contributed by atoms with Crippen LogP contribution in [0.25, 0.3) is 6.08 Å². The molecular weight excluding hydrogens is 883 g/mol. The van der Waals surface area contributed by atoms with E-state index in [1.54, 1.807) is 11.3 Å². The van der Waals surface area contributed by atoms with Crippen molar-refractivity contribution in [3.8, 4) is 0 Å². The average molecular weight is 967 g/mol. The maximum Gasteiger partial charge on any atom is 0.309 e. The maximum absolute atomic E-state index is 14.9. The number of hydrogen-bond acceptors (Lipinski definition) is 7. The van der Waals surface area contributed by atoms with Gasteiger partial charge in [-0.1, -0.05) is 172 Å². The molecule has 0 amide bonds. The molecule has 360 valence electrons. The summed E-state index contributed by atoms with van der Waals surface area (Å²) >= 11 is 1.63. The summed E-state index contributed by atoms with van der Waals surface area (Å²) in [5.41, 5.74) is 1.17. The molecule has 0 N–H and O–H groups in total. The molecule has 0 saturated carbocycles. The summed E-state index contributed by atoms with van der Waals surface area (Å²) in [6, 6.07) is 35.6. The van der Waals surface area contributed by atoms with Crippen molar-refractivity contribution in [2.24, 2.45) is 17.3 Å². The molecule has 2 heterocycles. The van der Waals surface area contributed by atoms with Crippen molar-refractivity contribution in [2.45, 2.75) is 176 Å². The molecule has 1 aliphatic heterocycles. The Kier molecular flexibility index (Phi) is 19.0. The first-order chi connectivity index (χ1) is 31.2. The first-order valence-corrected chi connectivity index (χ1v) is 33.1. The molecule has 0 saturated heterocycles. The van der Waals surface area contributed by atoms with Crippen LogP contribution in [-0.4, -0.2) is 60.3 Å². The number of ether oxygens (including phenoxy) is 1. The number of rotatable bonds is 14. The van der Waals surface area contributed by atoms with E-state index in [-0.39, 0.29) is 35.4 Å². The number of carbonyl (C=O) groups is 1. The molecule has 3 aromatic carbocycles. The van der Waals surface area contributed by atoms with Crippen molar-refractivity contribution in [3.05, 3.63) is 125 Å². The van der Waals surface area contributed by atoms with Gasteiger partial charge in [0.1, 0.15) is 6.10 Å². The summed E-state index contributed by atoms with van der Waals surface area (Å²) in [5, 5.41) is 6.61. The third-order valence-electron chi connectivity index (χ3n) is 15.2. The third-order valence-corrected chi connectivity index (χ3v) is 29.2. The van der Waals surface area contributed by atoms with Gasteiger partial charge in [-0.25, -0.2) is 4.98 Å². The highest BCUT2D eigenvalue weighted by atomic mass is 32.1. The zero-order chi connectivity index (χ0) is 48.3. The lowest BCUT2D eigenvalue weighted by Gasteiger charge is -2.52. The number of aryl methyl sites for hydroxylation is 1. The molecular formula is C56H83NO5SSi3. The Bertz CT molecular complexity index is 2060. The summed E-state index contributed by atoms with van der Waals surface area (Å²) in [7, 11) is -7.99. The summed E-state index contributed by atoms with van der Waals surface area (Å²) < 4.78 is 30.6. The number of carbonyl (C=O) groups excluding carboxylic acids is 1. The van der Waals surface area contributed by atoms with Crippen LogP contribution in [0.15, 0.2) is 114 Å². The highest BCUT2D eigenvalue weighted by molar-refractivity contribution is 7.09. The van der Waals surface area contributed by atoms with Gasteiger partial charge in [-0.15, -0.1) is 11.3 Å². The van der Waals surface area contributed by atoms with Crippen molar-refractivity contribution in [3.63, 3.8) is 0 Å². The first-order valence-electron chi connectivity index (χ1n) is 24.9. The summed E-state index contributed by atoms with van der Waals surface area (Å²) in [5.74, 6) is -0.116. The topological polar surface area (TPSA) is 66.9 Å². The van der Waals surface area contributed by atoms with Gasteiger partial charge < -0.3 is 18.0 Å². The monoisotopic (exact) mass is 966 g/mol. The number of allylic oxidation sites excluding steroid dienone is 1. The molecule has 0 bridgehead atoms. The minimum Gasteiger partial charge on any atom is -0.457 e. The van der Waals surface area contributed by atoms with Crippen LogP contribution in [0.1, 0.15) is 119 Å². The van der Waals surface area contributed by atoms with Crippen LogP contribution in [0.5, 0.6) is 0 Å². The molecule has 10 heteroatoms. The minimum absolute atomic E-state index is 0.00164. The number of esters is 1. The Morgan fingerprint density at radius 2 is 1.36 bits per heavy atom. The molecule has 6 atom stereocenters. The Morgan fingerprint density at radius 3 is 1.83 bits per heavy atom. The molecule has 4 aromatic rings. The number of thiazole rings is 1. The predicted molar refractivity (Wildman–Crippen MR) is 288 cm³/mol. The fourth-order valence-corrected chi connectivity index (χ4v) is 19.1. The Morgan fingerprint density at radius 1 is 0.833 bits per heavy atom. The summed E-state index contributed by atoms with van der Waals surface area (Å²) in [6.07, 6.45) is 8.75. The van der Waals surface area contributed by atoms with Crippen molar-refractivity contribution < 1.29 is 22.8 Å². The van der Waals surface area contributed by atoms with Crippen molar-refractivity contribution in [2.75, 3.05) is 0 Å². The fourth-order valence-electron chi connectivity index (χ4n) is 9.74. The highest BCUT2D eigenvalue weighted by Crippen LogP contribution is 2.46. The number of cyclic esters (lactones) is 1. The van der Waals surface area contributed by atoms with Crippen LogP contribution < -0.4 is 15.6 Å². The normalized spacial score (nSPS) is 23.8. The number of nitrogens with zero attached hydrogens (tertiary/aromatic N) is 1. The van der Waals surface area contributed by atoms with E-state index in [4.69, 9.17) is 23.0 Å². The van der Waals surface area contributed by atoms with Gasteiger partial charge in [0, 0.05) is 23.1 Å². The maximum atomic E-state index is 14.9. The van der Waals surface area contributed by atoms with E-state index in [9.17, 15) is 4.79 Å². The van der Waals surface area contributed by atoms with Gasteiger partial charge in [0.25, 0.3) is 8.32 Å². The predicted octanol–water partition coefficient (Wildman–Crippen LogP) is 13.4. The standard InChI is InChI=1S/C56H83NO5SSi3/c1-15-65(16-2,17-3)60-51-40-52(58)59-50(43(5)39-46-41-63-45(7)57-46)38-30-19-18-23-31-42(4)53(61-64(13,14)55(8,9)10)44(6)54(56(51,11)12)62-66(47-32-24-20-25-33-47,48-34-26-21-27-35-48)49-36-28-22-29-37-49/h19-22,24-30,32-37,39,41-42,44,50-51,53-54H,15-18,23,31,38,40H2,1-14H3/b30-19+,43-39-/t42-,44+,50?,51?,53-,54+/m0/s1. The number of benzene rings is 3. The Hall–Kier alpha value is -3.23. The van der Waals surface area contributed by atoms with E-state index in [1.807, 2.05) is 6.92 Å². The summed E-state index contributed by atoms with van der Waals surface area (Å²) in [6.45, 7) is 32.1. The minimum atomic E-state index is -3.33. The molecule has 5 rings (SSSR count). The lowest BCUT2D eigenvalue weighted by molar-refractivity contribution is -0.153. The van der Waals surface area contributed by atoms with Gasteiger partial charge in [-0.05, 0) is 103 Å². The van der Waals surface area contributed by atoms with Crippen LogP contribution in [0.3, 0.4) is 0 Å². The van der Waals surface area contributed by atoms with Gasteiger partial charge in [0.05, 0.1) is 35.4 Å². The van der Waals surface area contributed by atoms with Crippen LogP contribution in [0.2, 0.25) is 36.3 Å². The lowest BCUT2D eigenvalue weighted by Crippen LogP contribution is -2.72. The SMILES string of the molecule is CC[Si](CC)(CC)OC1CC(=O)OC(/C(C)=C\c2csc(C)n2)C/C=C/CCC[C@H](C)[C@H](O[Si](C)(C)C(C)(C)C)[C@@H](C)[C@@H](O[Si](c2ccccc2)(c2ccccc2)c2ccccc2)C1(C)C. The van der Waals surface area contributed by atoms with Crippen LogP contribution in [0, 0.1) is 24.2 Å². The molecule has 6 nitrogen and oxygen atoms in total. The smallest absolute Gasteiger partial charge is 0.309 e. The molecule has 1 aliphatic rings. The van der Waals surface area contributed by atoms with E-state index in [0.717, 1.165) is 53.7 Å². The third kappa shape index (κ3) is 12.9. The van der Waals surface area contributed by atoms with E-state index < -0.39 is 48.7 Å². The molecule has 1 aromatic heterocycles. The van der Waals surface area contributed by atoms with E-state index >= 15 is 0 Å². The average Bonchev–Trinajstić information content (AvgIpc) is 3.71. The lowest BCUT2D eigenvalue weighted by atomic mass is 9.71. The number of aromatic nitrogens is 1. The zero-order valence-electron chi connectivity index (χ0n) is 43.0. The molecule has 2 unspecified atom stereocenters. The van der Waals surface area contributed by atoms with Gasteiger partial charge in [-0.2, -0.15) is 0 Å². The molecule has 66 heavy (non-hydrogen) atoms. The number of hydrogen-bond donors (Lipinski definition) is 0. The zero-order valence-corrected chi connectivity index (χ0v) is 46.8. The van der Waals surface area contributed by atoms with E-state index in [2.05, 4.69) is 204 Å². The second kappa shape index (κ2) is 23.4. The first kappa shape index (κ1) is 53.7. The fraction of sp³-hybridized carbons (Fsp3) is 0.536. The second-order valence-corrected chi connectivity index (χ2v) is 35.0. The molecule has 0 spiro atoms. The Balaban J connectivity index is 1.80. The van der Waals surface area contributed by atoms with Crippen LogP contribution in [-0.2, 0) is 22.8 Å². The van der Waals surface area contributed by atoms with E-state index in [1.165, 1.54) is 15.6 Å². The Labute approximate surface area is 407 Å². The van der Waals surface area contributed by atoms with Crippen molar-refractivity contribution in [1.82, 2.24) is 4.98 Å².